The van der Waals surface area contributed by atoms with E-state index in [2.05, 4.69) is 41.5 Å². The summed E-state index contributed by atoms with van der Waals surface area (Å²) in [6.07, 6.45) is 3.53. The van der Waals surface area contributed by atoms with E-state index in [1.807, 2.05) is 26.0 Å². The zero-order valence-electron chi connectivity index (χ0n) is 30.6. The molecular weight excluding hydrogens is 718 g/mol. The average Bonchev–Trinajstić information content (AvgIpc) is 3.80. The van der Waals surface area contributed by atoms with Crippen LogP contribution in [0.25, 0.3) is 10.9 Å². The molecule has 0 fully saturated rings. The molecule has 0 saturated carbocycles. The minimum Gasteiger partial charge on any atom is -0.480 e. The fourth-order valence-electron chi connectivity index (χ4n) is 5.59. The number of para-hydroxylation sites is 1. The molecule has 2 aromatic heterocycles. The monoisotopic (exact) mass is 767 g/mol. The van der Waals surface area contributed by atoms with Crippen molar-refractivity contribution in [2.24, 2.45) is 23.1 Å². The first-order chi connectivity index (χ1) is 26.0. The van der Waals surface area contributed by atoms with Crippen LogP contribution in [0.3, 0.4) is 0 Å². The lowest BCUT2D eigenvalue weighted by Crippen LogP contribution is -2.57. The lowest BCUT2D eigenvalue weighted by Gasteiger charge is -2.25. The maximum Gasteiger partial charge on any atom is 0.326 e. The summed E-state index contributed by atoms with van der Waals surface area (Å²) in [5.41, 5.74) is 18.1. The normalized spacial score (nSPS) is 13.8. The molecule has 1 aromatic carbocycles. The van der Waals surface area contributed by atoms with Crippen LogP contribution in [0.5, 0.6) is 0 Å². The number of carboxylic acids is 1. The Hall–Kier alpha value is -6.31. The molecular formula is C35H49N11O9. The van der Waals surface area contributed by atoms with Crippen molar-refractivity contribution in [3.05, 3.63) is 54.2 Å². The number of fused-ring (bicyclic) bond motifs is 1. The number of nitrogens with one attached hydrogen (secondary N) is 7. The maximum atomic E-state index is 13.7. The van der Waals surface area contributed by atoms with Crippen molar-refractivity contribution in [2.45, 2.75) is 89.0 Å². The molecule has 3 aromatic rings. The lowest BCUT2D eigenvalue weighted by molar-refractivity contribution is -0.142. The third kappa shape index (κ3) is 14.2. The second kappa shape index (κ2) is 20.8. The van der Waals surface area contributed by atoms with Gasteiger partial charge in [-0.1, -0.05) is 32.0 Å². The van der Waals surface area contributed by atoms with Gasteiger partial charge in [0, 0.05) is 54.7 Å². The van der Waals surface area contributed by atoms with Crippen LogP contribution < -0.4 is 43.8 Å². The summed E-state index contributed by atoms with van der Waals surface area (Å²) in [4.78, 5) is 111. The van der Waals surface area contributed by atoms with Crippen LogP contribution in [0, 0.1) is 5.92 Å². The van der Waals surface area contributed by atoms with Crippen LogP contribution >= 0.6 is 0 Å². The van der Waals surface area contributed by atoms with E-state index in [-0.39, 0.29) is 50.9 Å². The first-order valence-corrected chi connectivity index (χ1v) is 17.6. The Bertz CT molecular complexity index is 1830. The Balaban J connectivity index is 1.71. The largest absolute Gasteiger partial charge is 0.480 e. The number of aromatic nitrogens is 3. The molecule has 0 aliphatic heterocycles. The zero-order chi connectivity index (χ0) is 40.7. The molecule has 0 aliphatic rings. The molecule has 2 heterocycles. The number of primary amides is 2. The molecule has 0 unspecified atom stereocenters. The Morgan fingerprint density at radius 2 is 1.40 bits per heavy atom. The first-order valence-electron chi connectivity index (χ1n) is 17.6. The highest BCUT2D eigenvalue weighted by molar-refractivity contribution is 5.96. The molecule has 14 N–H and O–H groups in total. The van der Waals surface area contributed by atoms with Crippen molar-refractivity contribution in [2.75, 3.05) is 6.54 Å². The number of nitrogens with zero attached hydrogens (tertiary/aromatic N) is 1. The number of benzene rings is 1. The molecule has 20 heteroatoms. The average molecular weight is 768 g/mol. The Kier molecular flexibility index (Phi) is 16.3. The highest BCUT2D eigenvalue weighted by Gasteiger charge is 2.31. The smallest absolute Gasteiger partial charge is 0.326 e. The van der Waals surface area contributed by atoms with Gasteiger partial charge in [0.2, 0.25) is 41.4 Å². The molecule has 298 valence electrons. The van der Waals surface area contributed by atoms with Crippen molar-refractivity contribution >= 4 is 58.2 Å². The number of rotatable bonds is 23. The fraction of sp³-hybridized carbons (Fsp3) is 0.457. The molecule has 0 bridgehead atoms. The first kappa shape index (κ1) is 43.1. The fourth-order valence-corrected chi connectivity index (χ4v) is 5.59. The van der Waals surface area contributed by atoms with E-state index in [0.717, 1.165) is 10.9 Å². The molecule has 5 atom stereocenters. The SMILES string of the molecule is CC(C)C[C@H](NC(=O)[C@@H](N)CCC(N)=O)C(=O)NCC(=O)N[C@@H](Cc1cnc[nH]1)C(=O)N[C@@H](CCC(N)=O)C(=O)N[C@@H](Cc1c[nH]c2ccccc12)C(=O)O. The van der Waals surface area contributed by atoms with Crippen LogP contribution in [0.15, 0.2) is 43.0 Å². The second-order valence-corrected chi connectivity index (χ2v) is 13.5. The van der Waals surface area contributed by atoms with Crippen molar-refractivity contribution in [1.29, 1.82) is 0 Å². The number of carbonyl (C=O) groups excluding carboxylic acids is 7. The Labute approximate surface area is 315 Å². The standard InChI is InChI=1S/C35H49N11O9/c1-18(2)11-25(45-31(50)22(36)7-9-28(37)47)32(51)41-16-30(49)43-26(13-20-15-39-17-42-20)34(53)44-24(8-10-29(38)48)33(52)46-27(35(54)55)12-19-14-40-23-6-4-3-5-21(19)23/h3-6,14-15,17-18,22,24-27,40H,7-13,16,36H2,1-2H3,(H2,37,47)(H2,38,48)(H,39,42)(H,41,51)(H,43,49)(H,44,53)(H,45,50)(H,46,52)(H,54,55)/t22-,24-,25-,26-,27-/m0/s1. The quantitative estimate of drug-likeness (QED) is 0.0488. The number of carboxylic acid groups (broad SMARTS) is 1. The van der Waals surface area contributed by atoms with Crippen LogP contribution in [-0.2, 0) is 51.2 Å². The summed E-state index contributed by atoms with van der Waals surface area (Å²) >= 11 is 0. The number of hydrogen-bond donors (Lipinski definition) is 11. The lowest BCUT2D eigenvalue weighted by atomic mass is 10.0. The summed E-state index contributed by atoms with van der Waals surface area (Å²) in [5, 5.41) is 23.1. The predicted octanol–water partition coefficient (Wildman–Crippen LogP) is -2.28. The van der Waals surface area contributed by atoms with Gasteiger partial charge < -0.3 is 58.9 Å². The topological polar surface area (TPSA) is 339 Å². The number of nitrogens with two attached hydrogens (primary N) is 3. The maximum absolute atomic E-state index is 13.7. The molecule has 55 heavy (non-hydrogen) atoms. The number of imidazole rings is 1. The van der Waals surface area contributed by atoms with Gasteiger partial charge in [-0.3, -0.25) is 33.6 Å². The van der Waals surface area contributed by atoms with Gasteiger partial charge in [0.1, 0.15) is 24.2 Å². The number of amides is 7. The van der Waals surface area contributed by atoms with Gasteiger partial charge in [-0.05, 0) is 36.8 Å². The van der Waals surface area contributed by atoms with Crippen molar-refractivity contribution in [3.63, 3.8) is 0 Å². The number of carbonyl (C=O) groups is 8. The molecule has 0 spiro atoms. The van der Waals surface area contributed by atoms with Gasteiger partial charge in [-0.25, -0.2) is 9.78 Å². The number of H-pyrrole nitrogens is 2. The van der Waals surface area contributed by atoms with Crippen LogP contribution in [0.1, 0.15) is 57.2 Å². The van der Waals surface area contributed by atoms with E-state index in [4.69, 9.17) is 17.2 Å². The van der Waals surface area contributed by atoms with E-state index < -0.39 is 84.1 Å². The van der Waals surface area contributed by atoms with Crippen LogP contribution in [-0.4, -0.2) is 104 Å². The van der Waals surface area contributed by atoms with Crippen LogP contribution in [0.2, 0.25) is 0 Å². The summed E-state index contributed by atoms with van der Waals surface area (Å²) in [6.45, 7) is 3.00. The van der Waals surface area contributed by atoms with Gasteiger partial charge in [0.25, 0.3) is 0 Å². The van der Waals surface area contributed by atoms with E-state index >= 15 is 0 Å². The summed E-state index contributed by atoms with van der Waals surface area (Å²) in [7, 11) is 0. The summed E-state index contributed by atoms with van der Waals surface area (Å²) in [5.74, 6) is -6.83. The van der Waals surface area contributed by atoms with E-state index in [1.165, 1.54) is 12.5 Å². The number of aliphatic carboxylic acids is 1. The molecule has 20 nitrogen and oxygen atoms in total. The third-order valence-corrected chi connectivity index (χ3v) is 8.46. The second-order valence-electron chi connectivity index (χ2n) is 13.5. The summed E-state index contributed by atoms with van der Waals surface area (Å²) < 4.78 is 0. The minimum absolute atomic E-state index is 0.0322. The van der Waals surface area contributed by atoms with Gasteiger partial charge in [-0.15, -0.1) is 0 Å². The Morgan fingerprint density at radius 1 is 0.764 bits per heavy atom. The minimum atomic E-state index is -1.44. The highest BCUT2D eigenvalue weighted by atomic mass is 16.4. The molecule has 0 radical (unpaired) electrons. The number of aromatic amines is 2. The zero-order valence-corrected chi connectivity index (χ0v) is 30.6. The van der Waals surface area contributed by atoms with Crippen molar-refractivity contribution < 1.29 is 43.5 Å². The molecule has 0 saturated heterocycles. The molecule has 0 aliphatic carbocycles. The number of hydrogen-bond acceptors (Lipinski definition) is 10. The van der Waals surface area contributed by atoms with E-state index in [0.29, 0.717) is 11.3 Å². The molecule has 3 rings (SSSR count). The van der Waals surface area contributed by atoms with E-state index in [1.54, 1.807) is 18.3 Å². The molecule has 7 amide bonds. The predicted molar refractivity (Wildman–Crippen MR) is 197 cm³/mol. The van der Waals surface area contributed by atoms with Gasteiger partial charge >= 0.3 is 5.97 Å². The van der Waals surface area contributed by atoms with Gasteiger partial charge in [0.15, 0.2) is 0 Å². The summed E-state index contributed by atoms with van der Waals surface area (Å²) in [6, 6.07) is 0.795. The van der Waals surface area contributed by atoms with Gasteiger partial charge in [0.05, 0.1) is 18.9 Å². The van der Waals surface area contributed by atoms with Crippen LogP contribution in [0.4, 0.5) is 0 Å². The van der Waals surface area contributed by atoms with Crippen molar-refractivity contribution in [3.8, 4) is 0 Å². The van der Waals surface area contributed by atoms with E-state index in [9.17, 15) is 43.5 Å². The van der Waals surface area contributed by atoms with Crippen molar-refractivity contribution in [1.82, 2.24) is 41.5 Å². The third-order valence-electron chi connectivity index (χ3n) is 8.46. The highest BCUT2D eigenvalue weighted by Crippen LogP contribution is 2.19. The van der Waals surface area contributed by atoms with Gasteiger partial charge in [-0.2, -0.15) is 0 Å². The Morgan fingerprint density at radius 3 is 2.04 bits per heavy atom.